The van der Waals surface area contributed by atoms with Crippen LogP contribution in [-0.4, -0.2) is 4.98 Å². The summed E-state index contributed by atoms with van der Waals surface area (Å²) in [6, 6.07) is 25.5. The Bertz CT molecular complexity index is 950. The first-order chi connectivity index (χ1) is 12.2. The van der Waals surface area contributed by atoms with Crippen LogP contribution in [0.4, 0.5) is 0 Å². The zero-order valence-corrected chi connectivity index (χ0v) is 17.7. The zero-order chi connectivity index (χ0) is 17.6. The molecule has 4 rings (SSSR count). The van der Waals surface area contributed by atoms with Crippen LogP contribution in [0, 0.1) is 6.92 Å². The molecule has 4 aromatic rings. The van der Waals surface area contributed by atoms with E-state index in [9.17, 15) is 0 Å². The van der Waals surface area contributed by atoms with Crippen LogP contribution < -0.4 is 0 Å². The van der Waals surface area contributed by atoms with E-state index in [0.29, 0.717) is 0 Å². The van der Waals surface area contributed by atoms with Gasteiger partial charge in [0.2, 0.25) is 0 Å². The normalized spacial score (nSPS) is 10.2. The molecule has 0 aliphatic heterocycles. The molecule has 0 fully saturated rings. The van der Waals surface area contributed by atoms with Crippen molar-refractivity contribution < 1.29 is 20.8 Å². The Hall–Kier alpha value is -1.34. The van der Waals surface area contributed by atoms with Gasteiger partial charge in [-0.15, -0.1) is 34.0 Å². The molecule has 1 aromatic heterocycles. The topological polar surface area (TPSA) is 12.9 Å². The van der Waals surface area contributed by atoms with E-state index in [4.69, 9.17) is 17.0 Å². The van der Waals surface area contributed by atoms with Crippen molar-refractivity contribution in [2.45, 2.75) is 6.92 Å². The Balaban J connectivity index is 0.000000569. The fourth-order valence-electron chi connectivity index (χ4n) is 2.99. The van der Waals surface area contributed by atoms with Crippen LogP contribution in [0.15, 0.2) is 79.0 Å². The van der Waals surface area contributed by atoms with Crippen LogP contribution in [0.25, 0.3) is 33.2 Å². The SMILES string of the molecule is Cc1ccc(-c2ccccn2)c2cc(-c3ccccc3)[cH-]c12.[Cl][Zr][Cl]. The van der Waals surface area contributed by atoms with Gasteiger partial charge in [0.1, 0.15) is 0 Å². The summed E-state index contributed by atoms with van der Waals surface area (Å²) < 4.78 is 0. The first-order valence-electron chi connectivity index (χ1n) is 7.87. The molecule has 0 aliphatic rings. The van der Waals surface area contributed by atoms with Gasteiger partial charge >= 0.3 is 37.9 Å². The predicted molar refractivity (Wildman–Crippen MR) is 105 cm³/mol. The molecule has 1 nitrogen and oxygen atoms in total. The molecule has 0 saturated heterocycles. The molecule has 25 heavy (non-hydrogen) atoms. The van der Waals surface area contributed by atoms with Crippen molar-refractivity contribution in [1.82, 2.24) is 4.98 Å². The van der Waals surface area contributed by atoms with E-state index in [0.717, 1.165) is 5.69 Å². The summed E-state index contributed by atoms with van der Waals surface area (Å²) in [6.45, 7) is 2.17. The van der Waals surface area contributed by atoms with Crippen LogP contribution in [0.2, 0.25) is 0 Å². The van der Waals surface area contributed by atoms with E-state index >= 15 is 0 Å². The maximum atomic E-state index is 4.93. The number of nitrogens with zero attached hydrogens (tertiary/aromatic N) is 1. The third-order valence-electron chi connectivity index (χ3n) is 4.15. The van der Waals surface area contributed by atoms with Gasteiger partial charge in [-0.25, -0.2) is 0 Å². The Morgan fingerprint density at radius 3 is 2.32 bits per heavy atom. The van der Waals surface area contributed by atoms with E-state index in [1.54, 1.807) is 0 Å². The van der Waals surface area contributed by atoms with Crippen LogP contribution in [-0.2, 0) is 20.8 Å². The zero-order valence-electron chi connectivity index (χ0n) is 13.7. The molecule has 124 valence electrons. The molecule has 1 heterocycles. The molecule has 0 unspecified atom stereocenters. The second-order valence-corrected chi connectivity index (χ2v) is 9.39. The van der Waals surface area contributed by atoms with Crippen molar-refractivity contribution in [2.75, 3.05) is 0 Å². The van der Waals surface area contributed by atoms with Gasteiger partial charge in [0.15, 0.2) is 0 Å². The van der Waals surface area contributed by atoms with E-state index in [1.165, 1.54) is 33.0 Å². The van der Waals surface area contributed by atoms with Crippen LogP contribution in [0.5, 0.6) is 0 Å². The van der Waals surface area contributed by atoms with Crippen molar-refractivity contribution in [3.63, 3.8) is 0 Å². The molecule has 0 radical (unpaired) electrons. The average Bonchev–Trinajstić information content (AvgIpc) is 3.10. The number of fused-ring (bicyclic) bond motifs is 1. The molecule has 0 saturated carbocycles. The van der Waals surface area contributed by atoms with Gasteiger partial charge in [-0.2, -0.15) is 0 Å². The third kappa shape index (κ3) is 4.26. The third-order valence-corrected chi connectivity index (χ3v) is 4.15. The number of pyridine rings is 1. The monoisotopic (exact) mass is 442 g/mol. The fraction of sp³-hybridized carbons (Fsp3) is 0.0476. The molecule has 0 N–H and O–H groups in total. The van der Waals surface area contributed by atoms with Gasteiger partial charge < -0.3 is 0 Å². The minimum atomic E-state index is -0.826. The number of rotatable bonds is 2. The predicted octanol–water partition coefficient (Wildman–Crippen LogP) is 6.97. The van der Waals surface area contributed by atoms with Crippen molar-refractivity contribution in [2.24, 2.45) is 0 Å². The van der Waals surface area contributed by atoms with Crippen molar-refractivity contribution in [1.29, 1.82) is 0 Å². The van der Waals surface area contributed by atoms with Gasteiger partial charge in [-0.1, -0.05) is 61.0 Å². The van der Waals surface area contributed by atoms with Gasteiger partial charge in [0, 0.05) is 6.20 Å². The number of benzene rings is 2. The molecular weight excluding hydrogens is 428 g/mol. The minimum absolute atomic E-state index is 0.826. The number of hydrogen-bond donors (Lipinski definition) is 0. The van der Waals surface area contributed by atoms with Gasteiger partial charge in [-0.3, -0.25) is 4.98 Å². The van der Waals surface area contributed by atoms with Crippen LogP contribution >= 0.6 is 17.0 Å². The first kappa shape index (κ1) is 18.5. The van der Waals surface area contributed by atoms with Gasteiger partial charge in [0.25, 0.3) is 0 Å². The molecule has 0 spiro atoms. The molecule has 0 atom stereocenters. The maximum absolute atomic E-state index is 4.93. The Morgan fingerprint density at radius 2 is 1.64 bits per heavy atom. The van der Waals surface area contributed by atoms with Gasteiger partial charge in [-0.05, 0) is 17.7 Å². The fourth-order valence-corrected chi connectivity index (χ4v) is 2.99. The van der Waals surface area contributed by atoms with Crippen LogP contribution in [0.3, 0.4) is 0 Å². The van der Waals surface area contributed by atoms with E-state index in [2.05, 4.69) is 72.6 Å². The van der Waals surface area contributed by atoms with Crippen molar-refractivity contribution >= 4 is 27.8 Å². The summed E-state index contributed by atoms with van der Waals surface area (Å²) in [5.74, 6) is 0. The molecule has 4 heteroatoms. The molecule has 0 aliphatic carbocycles. The molecule has 0 amide bonds. The standard InChI is InChI=1S/C21H16N.2ClH.Zr/c1-15-10-11-18(21-9-5-6-12-22-21)20-14-17(13-19(15)20)16-7-3-2-4-8-16;;;/h2-14H,1H3;2*1H;/q-1;;;+2/p-2. The van der Waals surface area contributed by atoms with Crippen LogP contribution in [0.1, 0.15) is 5.56 Å². The van der Waals surface area contributed by atoms with E-state index in [-0.39, 0.29) is 0 Å². The Kier molecular flexibility index (Phi) is 6.53. The summed E-state index contributed by atoms with van der Waals surface area (Å²) >= 11 is -0.826. The second kappa shape index (κ2) is 8.85. The summed E-state index contributed by atoms with van der Waals surface area (Å²) in [6.07, 6.45) is 1.85. The van der Waals surface area contributed by atoms with Crippen molar-refractivity contribution in [3.05, 3.63) is 84.6 Å². The van der Waals surface area contributed by atoms with E-state index in [1.807, 2.05) is 18.3 Å². The molecular formula is C21H16Cl2NZr-. The summed E-state index contributed by atoms with van der Waals surface area (Å²) in [5, 5.41) is 2.58. The second-order valence-electron chi connectivity index (χ2n) is 5.65. The molecule has 3 aromatic carbocycles. The van der Waals surface area contributed by atoms with Crippen molar-refractivity contribution in [3.8, 4) is 22.4 Å². The number of hydrogen-bond acceptors (Lipinski definition) is 1. The quantitative estimate of drug-likeness (QED) is 0.304. The number of halogens is 2. The summed E-state index contributed by atoms with van der Waals surface area (Å²) in [4.78, 5) is 4.51. The first-order valence-corrected chi connectivity index (χ1v) is 14.2. The number of aryl methyl sites for hydroxylation is 1. The Labute approximate surface area is 166 Å². The van der Waals surface area contributed by atoms with Gasteiger partial charge in [0.05, 0.1) is 5.69 Å². The summed E-state index contributed by atoms with van der Waals surface area (Å²) in [5.41, 5.74) is 6.05. The average molecular weight is 444 g/mol. The summed E-state index contributed by atoms with van der Waals surface area (Å²) in [7, 11) is 9.87. The Morgan fingerprint density at radius 1 is 0.920 bits per heavy atom. The molecule has 0 bridgehead atoms. The van der Waals surface area contributed by atoms with E-state index < -0.39 is 20.8 Å². The number of aromatic nitrogens is 1.